The fourth-order valence-electron chi connectivity index (χ4n) is 2.31. The predicted molar refractivity (Wildman–Crippen MR) is 70.9 cm³/mol. The van der Waals surface area contributed by atoms with Crippen LogP contribution in [0.25, 0.3) is 10.9 Å². The number of urea groups is 1. The maximum atomic E-state index is 13.9. The molecule has 1 aliphatic heterocycles. The fourth-order valence-corrected chi connectivity index (χ4v) is 2.31. The number of nitrogens with zero attached hydrogens (tertiary/aromatic N) is 2. The van der Waals surface area contributed by atoms with E-state index >= 15 is 0 Å². The first-order chi connectivity index (χ1) is 9.60. The number of fused-ring (bicyclic) bond motifs is 1. The van der Waals surface area contributed by atoms with Gasteiger partial charge in [0.05, 0.1) is 5.52 Å². The summed E-state index contributed by atoms with van der Waals surface area (Å²) in [6.45, 7) is 2.10. The van der Waals surface area contributed by atoms with Gasteiger partial charge >= 0.3 is 6.03 Å². The Bertz CT molecular complexity index is 710. The van der Waals surface area contributed by atoms with Gasteiger partial charge in [-0.25, -0.2) is 9.18 Å². The Kier molecular flexibility index (Phi) is 2.89. The normalized spacial score (nSPS) is 15.8. The van der Waals surface area contributed by atoms with Gasteiger partial charge in [-0.2, -0.15) is 5.10 Å². The van der Waals surface area contributed by atoms with E-state index in [2.05, 4.69) is 15.5 Å². The van der Waals surface area contributed by atoms with E-state index in [4.69, 9.17) is 0 Å². The second-order valence-corrected chi connectivity index (χ2v) is 4.64. The number of carbonyl (C=O) groups excluding carboxylic acids is 2. The van der Waals surface area contributed by atoms with Gasteiger partial charge in [-0.05, 0) is 24.1 Å². The van der Waals surface area contributed by atoms with Crippen molar-refractivity contribution in [2.24, 2.45) is 0 Å². The van der Waals surface area contributed by atoms with Crippen LogP contribution in [0.3, 0.4) is 0 Å². The summed E-state index contributed by atoms with van der Waals surface area (Å²) in [7, 11) is 0. The third-order valence-corrected chi connectivity index (χ3v) is 3.40. The molecule has 0 radical (unpaired) electrons. The minimum absolute atomic E-state index is 0.204. The van der Waals surface area contributed by atoms with Crippen LogP contribution in [-0.4, -0.2) is 28.7 Å². The lowest BCUT2D eigenvalue weighted by atomic mass is 10.1. The number of anilines is 1. The number of H-pyrrole nitrogens is 1. The van der Waals surface area contributed by atoms with E-state index < -0.39 is 6.03 Å². The van der Waals surface area contributed by atoms with Gasteiger partial charge < -0.3 is 0 Å². The van der Waals surface area contributed by atoms with Crippen LogP contribution in [0.1, 0.15) is 18.9 Å². The molecule has 1 aromatic carbocycles. The van der Waals surface area contributed by atoms with Crippen LogP contribution >= 0.6 is 0 Å². The number of carbonyl (C=O) groups is 2. The van der Waals surface area contributed by atoms with E-state index in [0.717, 1.165) is 0 Å². The SMILES string of the molecule is CCc1cc2[nH]nc(N3CCC(=O)NC3=O)c2cc1F. The van der Waals surface area contributed by atoms with Gasteiger partial charge in [0.1, 0.15) is 5.82 Å². The lowest BCUT2D eigenvalue weighted by Gasteiger charge is -2.24. The summed E-state index contributed by atoms with van der Waals surface area (Å²) in [6.07, 6.45) is 0.782. The zero-order chi connectivity index (χ0) is 14.3. The monoisotopic (exact) mass is 276 g/mol. The van der Waals surface area contributed by atoms with Gasteiger partial charge in [0.2, 0.25) is 5.91 Å². The molecule has 1 aromatic heterocycles. The molecule has 20 heavy (non-hydrogen) atoms. The van der Waals surface area contributed by atoms with Crippen molar-refractivity contribution in [2.45, 2.75) is 19.8 Å². The lowest BCUT2D eigenvalue weighted by Crippen LogP contribution is -2.49. The van der Waals surface area contributed by atoms with Gasteiger partial charge in [-0.15, -0.1) is 0 Å². The predicted octanol–water partition coefficient (Wildman–Crippen LogP) is 1.71. The Morgan fingerprint density at radius 3 is 2.90 bits per heavy atom. The number of hydrogen-bond acceptors (Lipinski definition) is 3. The van der Waals surface area contributed by atoms with E-state index in [1.807, 2.05) is 6.92 Å². The smallest absolute Gasteiger partial charge is 0.278 e. The summed E-state index contributed by atoms with van der Waals surface area (Å²) in [5.74, 6) is -0.298. The maximum Gasteiger partial charge on any atom is 0.329 e. The molecule has 3 rings (SSSR count). The van der Waals surface area contributed by atoms with Gasteiger partial charge in [0, 0.05) is 18.4 Å². The maximum absolute atomic E-state index is 13.9. The summed E-state index contributed by atoms with van der Waals surface area (Å²) in [6, 6.07) is 2.53. The summed E-state index contributed by atoms with van der Waals surface area (Å²) >= 11 is 0. The van der Waals surface area contributed by atoms with E-state index in [1.54, 1.807) is 6.07 Å². The first-order valence-corrected chi connectivity index (χ1v) is 6.38. The number of amides is 3. The summed E-state index contributed by atoms with van der Waals surface area (Å²) in [5.41, 5.74) is 1.26. The number of imide groups is 1. The molecule has 0 spiro atoms. The van der Waals surface area contributed by atoms with Crippen molar-refractivity contribution in [3.05, 3.63) is 23.5 Å². The van der Waals surface area contributed by atoms with Gasteiger partial charge in [0.25, 0.3) is 0 Å². The van der Waals surface area contributed by atoms with Crippen molar-refractivity contribution in [3.63, 3.8) is 0 Å². The number of nitrogens with one attached hydrogen (secondary N) is 2. The van der Waals surface area contributed by atoms with E-state index in [9.17, 15) is 14.0 Å². The molecule has 0 bridgehead atoms. The van der Waals surface area contributed by atoms with Crippen molar-refractivity contribution in [1.82, 2.24) is 15.5 Å². The first kappa shape index (κ1) is 12.6. The molecule has 7 heteroatoms. The van der Waals surface area contributed by atoms with Gasteiger partial charge in [-0.1, -0.05) is 6.92 Å². The number of aromatic nitrogens is 2. The Hall–Kier alpha value is -2.44. The average molecular weight is 276 g/mol. The van der Waals surface area contributed by atoms with Gasteiger partial charge in [-0.3, -0.25) is 20.1 Å². The third-order valence-electron chi connectivity index (χ3n) is 3.40. The summed E-state index contributed by atoms with van der Waals surface area (Å²) in [4.78, 5) is 24.3. The number of aromatic amines is 1. The highest BCUT2D eigenvalue weighted by Gasteiger charge is 2.27. The van der Waals surface area contributed by atoms with E-state index in [1.165, 1.54) is 11.0 Å². The van der Waals surface area contributed by atoms with Gasteiger partial charge in [0.15, 0.2) is 5.82 Å². The molecule has 0 saturated carbocycles. The Morgan fingerprint density at radius 2 is 2.20 bits per heavy atom. The Labute approximate surface area is 113 Å². The second kappa shape index (κ2) is 4.59. The molecule has 3 amide bonds. The van der Waals surface area contributed by atoms with Crippen LogP contribution in [0.4, 0.5) is 15.0 Å². The van der Waals surface area contributed by atoms with Crippen LogP contribution in [-0.2, 0) is 11.2 Å². The van der Waals surface area contributed by atoms with Crippen molar-refractivity contribution >= 4 is 28.7 Å². The van der Waals surface area contributed by atoms with E-state index in [0.29, 0.717) is 28.7 Å². The number of halogens is 1. The average Bonchev–Trinajstić information content (AvgIpc) is 2.80. The van der Waals surface area contributed by atoms with Crippen LogP contribution in [0, 0.1) is 5.82 Å². The highest BCUT2D eigenvalue weighted by atomic mass is 19.1. The van der Waals surface area contributed by atoms with Crippen molar-refractivity contribution in [1.29, 1.82) is 0 Å². The Balaban J connectivity index is 2.06. The molecule has 2 aromatic rings. The molecule has 2 N–H and O–H groups in total. The molecule has 104 valence electrons. The number of benzene rings is 1. The topological polar surface area (TPSA) is 78.1 Å². The van der Waals surface area contributed by atoms with Crippen molar-refractivity contribution in [2.75, 3.05) is 11.4 Å². The Morgan fingerprint density at radius 1 is 1.40 bits per heavy atom. The first-order valence-electron chi connectivity index (χ1n) is 6.38. The lowest BCUT2D eigenvalue weighted by molar-refractivity contribution is -0.120. The van der Waals surface area contributed by atoms with Crippen LogP contribution in [0.2, 0.25) is 0 Å². The molecule has 0 atom stereocenters. The molecular weight excluding hydrogens is 263 g/mol. The highest BCUT2D eigenvalue weighted by molar-refractivity contribution is 6.08. The van der Waals surface area contributed by atoms with Crippen molar-refractivity contribution in [3.8, 4) is 0 Å². The molecule has 1 saturated heterocycles. The molecule has 0 unspecified atom stereocenters. The van der Waals surface area contributed by atoms with E-state index in [-0.39, 0.29) is 24.7 Å². The largest absolute Gasteiger partial charge is 0.329 e. The minimum Gasteiger partial charge on any atom is -0.278 e. The molecule has 2 heterocycles. The second-order valence-electron chi connectivity index (χ2n) is 4.64. The summed E-state index contributed by atoms with van der Waals surface area (Å²) < 4.78 is 13.9. The molecular formula is C13H13FN4O2. The van der Waals surface area contributed by atoms with Crippen molar-refractivity contribution < 1.29 is 14.0 Å². The number of rotatable bonds is 2. The molecule has 0 aliphatic carbocycles. The zero-order valence-corrected chi connectivity index (χ0v) is 10.9. The molecule has 1 aliphatic rings. The molecule has 1 fully saturated rings. The molecule has 6 nitrogen and oxygen atoms in total. The zero-order valence-electron chi connectivity index (χ0n) is 10.9. The standard InChI is InChI=1S/C13H13FN4O2/c1-2-7-5-10-8(6-9(7)14)12(17-16-10)18-4-3-11(19)15-13(18)20/h5-6H,2-4H2,1H3,(H,16,17)(H,15,19,20). The number of aryl methyl sites for hydroxylation is 1. The highest BCUT2D eigenvalue weighted by Crippen LogP contribution is 2.27. The quantitative estimate of drug-likeness (QED) is 0.876. The fraction of sp³-hybridized carbons (Fsp3) is 0.308. The van der Waals surface area contributed by atoms with Crippen LogP contribution in [0.15, 0.2) is 12.1 Å². The third kappa shape index (κ3) is 1.91. The number of hydrogen-bond donors (Lipinski definition) is 2. The summed E-state index contributed by atoms with van der Waals surface area (Å²) in [5, 5.41) is 9.62. The van der Waals surface area contributed by atoms with Crippen LogP contribution in [0.5, 0.6) is 0 Å². The van der Waals surface area contributed by atoms with Crippen LogP contribution < -0.4 is 10.2 Å². The minimum atomic E-state index is -0.533.